The van der Waals surface area contributed by atoms with E-state index in [1.54, 1.807) is 6.92 Å². The number of aliphatic hydroxyl groups is 1. The second-order valence-electron chi connectivity index (χ2n) is 12.5. The normalized spacial score (nSPS) is 45.3. The molecule has 186 valence electrons. The van der Waals surface area contributed by atoms with Gasteiger partial charge in [-0.15, -0.1) is 0 Å². The Morgan fingerprint density at radius 3 is 2.48 bits per heavy atom. The van der Waals surface area contributed by atoms with Crippen LogP contribution in [0.3, 0.4) is 0 Å². The topological polar surface area (TPSA) is 83.8 Å². The molecular weight excluding hydrogens is 416 g/mol. The van der Waals surface area contributed by atoms with Crippen LogP contribution in [-0.4, -0.2) is 34.4 Å². The van der Waals surface area contributed by atoms with Crippen LogP contribution < -0.4 is 0 Å². The molecule has 4 aliphatic carbocycles. The first-order valence-electron chi connectivity index (χ1n) is 13.2. The van der Waals surface area contributed by atoms with Gasteiger partial charge in [-0.1, -0.05) is 27.4 Å². The molecule has 5 heteroatoms. The molecule has 4 saturated carbocycles. The van der Waals surface area contributed by atoms with Crippen molar-refractivity contribution in [2.75, 3.05) is 0 Å². The van der Waals surface area contributed by atoms with Gasteiger partial charge in [-0.05, 0) is 111 Å². The Kier molecular flexibility index (Phi) is 6.76. The van der Waals surface area contributed by atoms with E-state index in [4.69, 9.17) is 9.84 Å². The number of rotatable bonds is 6. The fraction of sp³-hybridized carbons (Fsp3) is 0.857. The third-order valence-corrected chi connectivity index (χ3v) is 10.9. The van der Waals surface area contributed by atoms with Crippen LogP contribution >= 0.6 is 0 Å². The van der Waals surface area contributed by atoms with Crippen molar-refractivity contribution in [3.63, 3.8) is 0 Å². The summed E-state index contributed by atoms with van der Waals surface area (Å²) in [6, 6.07) is 0. The van der Waals surface area contributed by atoms with Crippen molar-refractivity contribution < 1.29 is 24.5 Å². The maximum Gasteiger partial charge on any atom is 0.333 e. The Bertz CT molecular complexity index is 791. The molecule has 0 saturated heterocycles. The second kappa shape index (κ2) is 9.02. The Morgan fingerprint density at radius 2 is 1.82 bits per heavy atom. The molecule has 4 aliphatic rings. The standard InChI is InChI=1S/C28H44O5/c1-16(2)26(32)33-19-12-13-27(4)18(14-19)7-8-20-22-10-9-21(17(3)6-11-25(30)31)28(22,5)24(29)15-23(20)27/h17-24,29H,1,6-15H2,2-5H3,(H,30,31)/t17-,18-,19-,20+,21-,22+,23+,24+,27+,28-/m1/s1. The van der Waals surface area contributed by atoms with E-state index in [9.17, 15) is 14.7 Å². The van der Waals surface area contributed by atoms with Gasteiger partial charge in [0, 0.05) is 12.0 Å². The SMILES string of the molecule is C=C(C)C(=O)O[C@@H]1CC[C@@]2(C)[C@H](CC[C@@H]3[C@@H]2C[C@H](O)[C@]2(C)[C@@H]([C@H](C)CCC(=O)O)CC[C@@H]32)C1. The van der Waals surface area contributed by atoms with Gasteiger partial charge in [-0.2, -0.15) is 0 Å². The minimum Gasteiger partial charge on any atom is -0.481 e. The lowest BCUT2D eigenvalue weighted by Crippen LogP contribution is -2.59. The molecule has 10 atom stereocenters. The van der Waals surface area contributed by atoms with Crippen molar-refractivity contribution in [3.8, 4) is 0 Å². The molecular formula is C28H44O5. The van der Waals surface area contributed by atoms with Crippen LogP contribution in [0.1, 0.15) is 91.9 Å². The number of fused-ring (bicyclic) bond motifs is 5. The highest BCUT2D eigenvalue weighted by molar-refractivity contribution is 5.87. The Balaban J connectivity index is 1.49. The molecule has 0 unspecified atom stereocenters. The van der Waals surface area contributed by atoms with Crippen molar-refractivity contribution >= 4 is 11.9 Å². The lowest BCUT2D eigenvalue weighted by molar-refractivity contribution is -0.180. The highest BCUT2D eigenvalue weighted by atomic mass is 16.5. The fourth-order valence-electron chi connectivity index (χ4n) is 9.05. The van der Waals surface area contributed by atoms with E-state index in [2.05, 4.69) is 27.4 Å². The van der Waals surface area contributed by atoms with Crippen molar-refractivity contribution in [2.45, 2.75) is 104 Å². The van der Waals surface area contributed by atoms with Gasteiger partial charge in [-0.25, -0.2) is 4.79 Å². The zero-order chi connectivity index (χ0) is 24.1. The molecule has 4 fully saturated rings. The van der Waals surface area contributed by atoms with E-state index < -0.39 is 5.97 Å². The predicted molar refractivity (Wildman–Crippen MR) is 127 cm³/mol. The highest BCUT2D eigenvalue weighted by Gasteiger charge is 2.63. The second-order valence-corrected chi connectivity index (χ2v) is 12.5. The summed E-state index contributed by atoms with van der Waals surface area (Å²) >= 11 is 0. The van der Waals surface area contributed by atoms with Crippen LogP contribution in [0.4, 0.5) is 0 Å². The molecule has 0 amide bonds. The van der Waals surface area contributed by atoms with Gasteiger partial charge in [0.25, 0.3) is 0 Å². The zero-order valence-electron chi connectivity index (χ0n) is 21.0. The van der Waals surface area contributed by atoms with E-state index in [0.717, 1.165) is 38.5 Å². The number of carbonyl (C=O) groups excluding carboxylic acids is 1. The number of carboxylic acid groups (broad SMARTS) is 1. The van der Waals surface area contributed by atoms with Gasteiger partial charge >= 0.3 is 11.9 Å². The number of hydrogen-bond acceptors (Lipinski definition) is 4. The Morgan fingerprint density at radius 1 is 1.09 bits per heavy atom. The van der Waals surface area contributed by atoms with Crippen molar-refractivity contribution in [2.24, 2.45) is 46.3 Å². The van der Waals surface area contributed by atoms with Gasteiger partial charge in [0.2, 0.25) is 0 Å². The molecule has 5 nitrogen and oxygen atoms in total. The summed E-state index contributed by atoms with van der Waals surface area (Å²) in [5.41, 5.74) is 0.566. The molecule has 0 spiro atoms. The molecule has 0 aromatic rings. The number of aliphatic hydroxyl groups excluding tert-OH is 1. The Hall–Kier alpha value is -1.36. The van der Waals surface area contributed by atoms with Gasteiger partial charge < -0.3 is 14.9 Å². The number of aliphatic carboxylic acids is 1. The zero-order valence-corrected chi connectivity index (χ0v) is 21.0. The first kappa shape index (κ1) is 24.8. The predicted octanol–water partition coefficient (Wildman–Crippen LogP) is 5.60. The van der Waals surface area contributed by atoms with Gasteiger partial charge in [0.05, 0.1) is 6.10 Å². The van der Waals surface area contributed by atoms with Crippen LogP contribution in [0.2, 0.25) is 0 Å². The number of carboxylic acids is 1. The van der Waals surface area contributed by atoms with E-state index >= 15 is 0 Å². The van der Waals surface area contributed by atoms with Crippen LogP contribution in [0.15, 0.2) is 12.2 Å². The molecule has 0 radical (unpaired) electrons. The maximum absolute atomic E-state index is 12.1. The smallest absolute Gasteiger partial charge is 0.333 e. The molecule has 4 rings (SSSR count). The monoisotopic (exact) mass is 460 g/mol. The fourth-order valence-corrected chi connectivity index (χ4v) is 9.05. The van der Waals surface area contributed by atoms with E-state index in [-0.39, 0.29) is 35.4 Å². The summed E-state index contributed by atoms with van der Waals surface area (Å²) in [6.45, 7) is 12.4. The summed E-state index contributed by atoms with van der Waals surface area (Å²) in [7, 11) is 0. The number of hydrogen-bond donors (Lipinski definition) is 2. The third-order valence-electron chi connectivity index (χ3n) is 10.9. The molecule has 0 aliphatic heterocycles. The molecule has 0 heterocycles. The van der Waals surface area contributed by atoms with Gasteiger partial charge in [0.15, 0.2) is 0 Å². The Labute approximate surface area is 199 Å². The van der Waals surface area contributed by atoms with Crippen molar-refractivity contribution in [1.82, 2.24) is 0 Å². The lowest BCUT2D eigenvalue weighted by Gasteiger charge is -2.62. The quantitative estimate of drug-likeness (QED) is 0.398. The largest absolute Gasteiger partial charge is 0.481 e. The summed E-state index contributed by atoms with van der Waals surface area (Å²) in [4.78, 5) is 23.2. The summed E-state index contributed by atoms with van der Waals surface area (Å²) in [5, 5.41) is 20.8. The van der Waals surface area contributed by atoms with Crippen molar-refractivity contribution in [1.29, 1.82) is 0 Å². The van der Waals surface area contributed by atoms with Gasteiger partial charge in [-0.3, -0.25) is 4.79 Å². The summed E-state index contributed by atoms with van der Waals surface area (Å²) < 4.78 is 5.74. The number of carbonyl (C=O) groups is 2. The highest BCUT2D eigenvalue weighted by Crippen LogP contribution is 2.68. The molecule has 0 bridgehead atoms. The molecule has 0 aromatic carbocycles. The molecule has 0 aromatic heterocycles. The number of ether oxygens (including phenoxy) is 1. The number of esters is 1. The minimum atomic E-state index is -0.721. The minimum absolute atomic E-state index is 0.00597. The summed E-state index contributed by atoms with van der Waals surface area (Å²) in [6.07, 6.45) is 9.02. The van der Waals surface area contributed by atoms with E-state index in [0.29, 0.717) is 47.5 Å². The van der Waals surface area contributed by atoms with Crippen LogP contribution in [-0.2, 0) is 14.3 Å². The molecule has 2 N–H and O–H groups in total. The summed E-state index contributed by atoms with van der Waals surface area (Å²) in [5.74, 6) is 1.98. The van der Waals surface area contributed by atoms with Crippen molar-refractivity contribution in [3.05, 3.63) is 12.2 Å². The average molecular weight is 461 g/mol. The van der Waals surface area contributed by atoms with E-state index in [1.807, 2.05) is 0 Å². The molecule has 33 heavy (non-hydrogen) atoms. The van der Waals surface area contributed by atoms with Crippen LogP contribution in [0.5, 0.6) is 0 Å². The van der Waals surface area contributed by atoms with Crippen LogP contribution in [0, 0.1) is 46.3 Å². The maximum atomic E-state index is 12.1. The van der Waals surface area contributed by atoms with Gasteiger partial charge in [0.1, 0.15) is 6.10 Å². The van der Waals surface area contributed by atoms with E-state index in [1.165, 1.54) is 12.8 Å². The average Bonchev–Trinajstić information content (AvgIpc) is 3.11. The first-order valence-corrected chi connectivity index (χ1v) is 13.2. The van der Waals surface area contributed by atoms with Crippen LogP contribution in [0.25, 0.3) is 0 Å². The lowest BCUT2D eigenvalue weighted by atomic mass is 9.43. The first-order chi connectivity index (χ1) is 15.5. The third kappa shape index (κ3) is 4.17.